The number of halogens is 13. The number of likely N-dealkylation sites (N-methyl/N-ethyl adjacent to an activating group) is 1. The number of nitrogens with zero attached hydrogens (tertiary/aromatic N) is 1. The minimum Gasteiger partial charge on any atom is -0.458 e. The highest BCUT2D eigenvalue weighted by Gasteiger charge is 2.92. The van der Waals surface area contributed by atoms with Crippen molar-refractivity contribution in [2.45, 2.75) is 68.9 Å². The molecule has 51 heavy (non-hydrogen) atoms. The lowest BCUT2D eigenvalue weighted by Gasteiger charge is -2.40. The molecule has 0 aliphatic rings. The maximum absolute atomic E-state index is 14.4. The molecule has 0 radical (unpaired) electrons. The zero-order valence-electron chi connectivity index (χ0n) is 26.4. The molecule has 1 unspecified atom stereocenters. The number of sulfonamides is 1. The zero-order valence-corrected chi connectivity index (χ0v) is 27.2. The lowest BCUT2D eigenvalue weighted by Crippen LogP contribution is -2.71. The van der Waals surface area contributed by atoms with E-state index in [0.717, 1.165) is 6.07 Å². The van der Waals surface area contributed by atoms with Crippen molar-refractivity contribution in [3.05, 3.63) is 35.9 Å². The molecule has 0 spiro atoms. The summed E-state index contributed by atoms with van der Waals surface area (Å²) in [5, 5.41) is -3.14. The Morgan fingerprint density at radius 2 is 1.37 bits per heavy atom. The highest BCUT2D eigenvalue weighted by atomic mass is 32.2. The van der Waals surface area contributed by atoms with E-state index < -0.39 is 93.4 Å². The molecule has 0 saturated carbocycles. The van der Waals surface area contributed by atoms with Crippen molar-refractivity contribution in [1.82, 2.24) is 4.31 Å². The number of rotatable bonds is 16. The number of alkyl halides is 13. The van der Waals surface area contributed by atoms with Crippen LogP contribution in [0, 0.1) is 6.92 Å². The molecule has 1 aromatic carbocycles. The fraction of sp³-hybridized carbons (Fsp3) is 0.577. The molecular formula is C26H28F13N3O8S. The van der Waals surface area contributed by atoms with Crippen LogP contribution in [-0.2, 0) is 29.0 Å². The Kier molecular flexibility index (Phi) is 13.8. The molecule has 1 rings (SSSR count). The average Bonchev–Trinajstić information content (AvgIpc) is 2.98. The highest BCUT2D eigenvalue weighted by molar-refractivity contribution is 7.90. The van der Waals surface area contributed by atoms with Crippen molar-refractivity contribution < 1.29 is 94.1 Å². The molecule has 2 amide bonds. The van der Waals surface area contributed by atoms with E-state index >= 15 is 0 Å². The van der Waals surface area contributed by atoms with Crippen LogP contribution in [0.5, 0.6) is 0 Å². The number of esters is 1. The molecule has 0 bridgehead atoms. The molecule has 0 aromatic heterocycles. The second kappa shape index (κ2) is 15.7. The Morgan fingerprint density at radius 1 is 0.843 bits per heavy atom. The van der Waals surface area contributed by atoms with Gasteiger partial charge in [0.2, 0.25) is 0 Å². The van der Waals surface area contributed by atoms with Gasteiger partial charge in [0, 0.05) is 30.0 Å². The molecule has 292 valence electrons. The largest absolute Gasteiger partial charge is 0.460 e. The average molecular weight is 790 g/mol. The first-order chi connectivity index (χ1) is 22.8. The fourth-order valence-corrected chi connectivity index (χ4v) is 4.86. The number of benzene rings is 1. The normalized spacial score (nSPS) is 14.1. The smallest absolute Gasteiger partial charge is 0.458 e. The van der Waals surface area contributed by atoms with Crippen molar-refractivity contribution in [2.24, 2.45) is 0 Å². The number of carbonyl (C=O) groups excluding carboxylic acids is 3. The number of nitrogens with one attached hydrogen (secondary N) is 2. The summed E-state index contributed by atoms with van der Waals surface area (Å²) >= 11 is 0. The van der Waals surface area contributed by atoms with Crippen LogP contribution in [0.1, 0.15) is 26.3 Å². The number of amides is 2. The van der Waals surface area contributed by atoms with Gasteiger partial charge in [-0.15, -0.1) is 0 Å². The van der Waals surface area contributed by atoms with Crippen molar-refractivity contribution in [2.75, 3.05) is 36.9 Å². The van der Waals surface area contributed by atoms with Gasteiger partial charge in [0.1, 0.15) is 19.3 Å². The zero-order chi connectivity index (χ0) is 40.2. The molecule has 1 aromatic rings. The Labute approximate surface area is 280 Å². The van der Waals surface area contributed by atoms with Gasteiger partial charge in [0.05, 0.1) is 0 Å². The van der Waals surface area contributed by atoms with Crippen LogP contribution in [0.25, 0.3) is 0 Å². The summed E-state index contributed by atoms with van der Waals surface area (Å²) in [6.45, 7) is 3.54. The van der Waals surface area contributed by atoms with Crippen molar-refractivity contribution >= 4 is 39.6 Å². The minimum atomic E-state index is -8.33. The lowest BCUT2D eigenvalue weighted by molar-refractivity contribution is -0.433. The van der Waals surface area contributed by atoms with Crippen LogP contribution >= 0.6 is 0 Å². The van der Waals surface area contributed by atoms with E-state index in [0.29, 0.717) is 12.5 Å². The van der Waals surface area contributed by atoms with Crippen LogP contribution in [0.15, 0.2) is 30.4 Å². The van der Waals surface area contributed by atoms with Gasteiger partial charge in [-0.25, -0.2) is 22.8 Å². The van der Waals surface area contributed by atoms with E-state index in [9.17, 15) is 79.9 Å². The molecule has 25 heteroatoms. The molecule has 11 nitrogen and oxygen atoms in total. The predicted octanol–water partition coefficient (Wildman–Crippen LogP) is 6.95. The molecule has 0 saturated heterocycles. The van der Waals surface area contributed by atoms with Crippen molar-refractivity contribution in [3.8, 4) is 0 Å². The van der Waals surface area contributed by atoms with Crippen LogP contribution in [0.2, 0.25) is 0 Å². The molecule has 0 heterocycles. The number of carbonyl (C=O) groups is 3. The van der Waals surface area contributed by atoms with Gasteiger partial charge < -0.3 is 14.2 Å². The van der Waals surface area contributed by atoms with Gasteiger partial charge in [-0.2, -0.15) is 61.4 Å². The number of ether oxygens (including phenoxy) is 3. The Morgan fingerprint density at radius 3 is 1.86 bits per heavy atom. The molecule has 0 aliphatic heterocycles. The summed E-state index contributed by atoms with van der Waals surface area (Å²) in [7, 11) is -7.31. The Hall–Kier alpha value is -4.03. The number of hydrogen-bond acceptors (Lipinski definition) is 8. The first-order valence-electron chi connectivity index (χ1n) is 13.6. The van der Waals surface area contributed by atoms with E-state index in [1.54, 1.807) is 0 Å². The lowest BCUT2D eigenvalue weighted by atomic mass is 9.98. The Bertz CT molecular complexity index is 1570. The summed E-state index contributed by atoms with van der Waals surface area (Å²) in [5.41, 5.74) is 0.290. The van der Waals surface area contributed by atoms with Crippen LogP contribution in [-0.4, -0.2) is 98.4 Å². The summed E-state index contributed by atoms with van der Waals surface area (Å²) in [6, 6.07) is 3.63. The van der Waals surface area contributed by atoms with E-state index in [-0.39, 0.29) is 23.6 Å². The van der Waals surface area contributed by atoms with Crippen molar-refractivity contribution in [3.63, 3.8) is 0 Å². The SMILES string of the molecule is C=C(C)C(=O)OCC(C)OC(=O)Nc1cc(NC(=O)OCCN(CC)S(=O)(=O)C(F)(F)C(F)(F)C(F)(F)C(F)(F)C(F)(F)C(F)(F)F)ccc1C. The second-order valence-corrected chi connectivity index (χ2v) is 12.3. The third-order valence-corrected chi connectivity index (χ3v) is 8.35. The molecular weight excluding hydrogens is 761 g/mol. The summed E-state index contributed by atoms with van der Waals surface area (Å²) in [6.07, 6.45) is -11.2. The second-order valence-electron chi connectivity index (χ2n) is 10.3. The topological polar surface area (TPSA) is 140 Å². The van der Waals surface area contributed by atoms with E-state index in [1.807, 2.05) is 5.32 Å². The van der Waals surface area contributed by atoms with E-state index in [2.05, 4.69) is 16.6 Å². The first-order valence-corrected chi connectivity index (χ1v) is 15.1. The molecule has 2 N–H and O–H groups in total. The van der Waals surface area contributed by atoms with Gasteiger partial charge in [-0.3, -0.25) is 10.6 Å². The summed E-state index contributed by atoms with van der Waals surface area (Å²) in [4.78, 5) is 35.8. The standard InChI is InChI=1S/C26H28F13N3O8S/c1-6-42(51(46,47)26(38,39)24(33,34)22(29,30)21(27,28)23(31,32)25(35,36)37)9-10-48-19(44)40-16-8-7-14(4)17(11-16)41-20(45)50-15(5)12-49-18(43)13(2)3/h7-8,11,15H,2,6,9-10,12H2,1,3-5H3,(H,40,44)(H,41,45). The number of anilines is 2. The third kappa shape index (κ3) is 9.26. The summed E-state index contributed by atoms with van der Waals surface area (Å²) in [5.74, 6) is -33.5. The monoisotopic (exact) mass is 789 g/mol. The molecule has 1 atom stereocenters. The molecule has 0 fully saturated rings. The van der Waals surface area contributed by atoms with Crippen LogP contribution in [0.4, 0.5) is 78.0 Å². The van der Waals surface area contributed by atoms with Gasteiger partial charge in [0.15, 0.2) is 0 Å². The van der Waals surface area contributed by atoms with Crippen molar-refractivity contribution in [1.29, 1.82) is 0 Å². The van der Waals surface area contributed by atoms with Crippen LogP contribution < -0.4 is 10.6 Å². The molecule has 0 aliphatic carbocycles. The summed E-state index contributed by atoms with van der Waals surface area (Å²) < 4.78 is 213. The fourth-order valence-electron chi connectivity index (χ4n) is 3.43. The maximum Gasteiger partial charge on any atom is 0.460 e. The van der Waals surface area contributed by atoms with Gasteiger partial charge in [-0.05, 0) is 38.5 Å². The van der Waals surface area contributed by atoms with Gasteiger partial charge >= 0.3 is 53.3 Å². The van der Waals surface area contributed by atoms with Crippen LogP contribution in [0.3, 0.4) is 0 Å². The maximum atomic E-state index is 14.4. The van der Waals surface area contributed by atoms with Gasteiger partial charge in [0.25, 0.3) is 10.0 Å². The minimum absolute atomic E-state index is 0.00529. The quantitative estimate of drug-likeness (QED) is 0.0795. The van der Waals surface area contributed by atoms with Gasteiger partial charge in [-0.1, -0.05) is 19.6 Å². The Balaban J connectivity index is 3.03. The number of hydrogen-bond donors (Lipinski definition) is 2. The highest BCUT2D eigenvalue weighted by Crippen LogP contribution is 2.61. The number of aryl methyl sites for hydroxylation is 1. The van der Waals surface area contributed by atoms with E-state index in [1.165, 1.54) is 32.9 Å². The third-order valence-electron chi connectivity index (χ3n) is 6.32. The first kappa shape index (κ1) is 45.0. The predicted molar refractivity (Wildman–Crippen MR) is 148 cm³/mol. The van der Waals surface area contributed by atoms with E-state index in [4.69, 9.17) is 9.47 Å².